The lowest BCUT2D eigenvalue weighted by molar-refractivity contribution is 0.262. The molecule has 0 aromatic carbocycles. The number of hydrogen-bond acceptors (Lipinski definition) is 1. The van der Waals surface area contributed by atoms with Gasteiger partial charge in [-0.2, -0.15) is 0 Å². The van der Waals surface area contributed by atoms with E-state index in [1.54, 1.807) is 0 Å². The van der Waals surface area contributed by atoms with Crippen molar-refractivity contribution in [1.29, 1.82) is 0 Å². The lowest BCUT2D eigenvalue weighted by Crippen LogP contribution is -2.27. The van der Waals surface area contributed by atoms with Crippen molar-refractivity contribution in [1.82, 2.24) is 5.32 Å². The Hall–Kier alpha value is -0.0400. The second-order valence-electron chi connectivity index (χ2n) is 4.98. The summed E-state index contributed by atoms with van der Waals surface area (Å²) in [7, 11) is 0. The standard InChI is InChI=1S/C12H23N/c1-2-10-3-5-11(6-4-10)9-13-12-7-8-12/h10-13H,2-9H2,1H3. The minimum absolute atomic E-state index is 0.906. The Kier molecular flexibility index (Phi) is 3.26. The zero-order valence-corrected chi connectivity index (χ0v) is 8.89. The second-order valence-corrected chi connectivity index (χ2v) is 4.98. The van der Waals surface area contributed by atoms with Gasteiger partial charge in [-0.3, -0.25) is 0 Å². The summed E-state index contributed by atoms with van der Waals surface area (Å²) in [6.07, 6.45) is 10.2. The van der Waals surface area contributed by atoms with Gasteiger partial charge in [0.15, 0.2) is 0 Å². The number of hydrogen-bond donors (Lipinski definition) is 1. The fraction of sp³-hybridized carbons (Fsp3) is 1.00. The van der Waals surface area contributed by atoms with Gasteiger partial charge in [0, 0.05) is 6.04 Å². The van der Waals surface area contributed by atoms with E-state index in [1.807, 2.05) is 0 Å². The van der Waals surface area contributed by atoms with Crippen LogP contribution in [0, 0.1) is 11.8 Å². The summed E-state index contributed by atoms with van der Waals surface area (Å²) in [5, 5.41) is 3.66. The minimum Gasteiger partial charge on any atom is -0.314 e. The Balaban J connectivity index is 1.59. The van der Waals surface area contributed by atoms with Gasteiger partial charge in [0.1, 0.15) is 0 Å². The second kappa shape index (κ2) is 4.45. The molecule has 0 atom stereocenters. The molecule has 0 aliphatic heterocycles. The van der Waals surface area contributed by atoms with Crippen LogP contribution in [0.3, 0.4) is 0 Å². The maximum atomic E-state index is 3.66. The monoisotopic (exact) mass is 181 g/mol. The van der Waals surface area contributed by atoms with Crippen LogP contribution in [-0.4, -0.2) is 12.6 Å². The molecule has 0 spiro atoms. The van der Waals surface area contributed by atoms with E-state index in [0.717, 1.165) is 17.9 Å². The van der Waals surface area contributed by atoms with Crippen LogP contribution < -0.4 is 5.32 Å². The van der Waals surface area contributed by atoms with E-state index in [2.05, 4.69) is 12.2 Å². The molecular weight excluding hydrogens is 158 g/mol. The molecule has 0 aromatic rings. The van der Waals surface area contributed by atoms with E-state index in [9.17, 15) is 0 Å². The van der Waals surface area contributed by atoms with Crippen LogP contribution in [0.1, 0.15) is 51.9 Å². The van der Waals surface area contributed by atoms with E-state index >= 15 is 0 Å². The van der Waals surface area contributed by atoms with Crippen LogP contribution in [0.15, 0.2) is 0 Å². The molecule has 2 fully saturated rings. The topological polar surface area (TPSA) is 12.0 Å². The van der Waals surface area contributed by atoms with E-state index in [1.165, 1.54) is 51.5 Å². The van der Waals surface area contributed by atoms with Gasteiger partial charge in [0.25, 0.3) is 0 Å². The molecule has 2 aliphatic rings. The van der Waals surface area contributed by atoms with E-state index in [-0.39, 0.29) is 0 Å². The van der Waals surface area contributed by atoms with Crippen molar-refractivity contribution >= 4 is 0 Å². The summed E-state index contributed by atoms with van der Waals surface area (Å²) in [5.74, 6) is 2.06. The first-order valence-electron chi connectivity index (χ1n) is 6.12. The predicted molar refractivity (Wildman–Crippen MR) is 56.8 cm³/mol. The lowest BCUT2D eigenvalue weighted by Gasteiger charge is -2.27. The molecule has 0 aromatic heterocycles. The van der Waals surface area contributed by atoms with Crippen molar-refractivity contribution in [3.05, 3.63) is 0 Å². The molecule has 13 heavy (non-hydrogen) atoms. The highest BCUT2D eigenvalue weighted by atomic mass is 14.9. The van der Waals surface area contributed by atoms with Crippen LogP contribution in [0.5, 0.6) is 0 Å². The molecule has 0 radical (unpaired) electrons. The number of rotatable bonds is 4. The third-order valence-corrected chi connectivity index (χ3v) is 3.82. The van der Waals surface area contributed by atoms with Crippen LogP contribution in [0.25, 0.3) is 0 Å². The highest BCUT2D eigenvalue weighted by Crippen LogP contribution is 2.30. The molecule has 2 rings (SSSR count). The van der Waals surface area contributed by atoms with Crippen molar-refractivity contribution in [2.24, 2.45) is 11.8 Å². The highest BCUT2D eigenvalue weighted by Gasteiger charge is 2.24. The van der Waals surface area contributed by atoms with E-state index < -0.39 is 0 Å². The maximum absolute atomic E-state index is 3.66. The summed E-state index contributed by atoms with van der Waals surface area (Å²) in [4.78, 5) is 0. The summed E-state index contributed by atoms with van der Waals surface area (Å²) < 4.78 is 0. The SMILES string of the molecule is CCC1CCC(CNC2CC2)CC1. The van der Waals surface area contributed by atoms with Gasteiger partial charge in [0.05, 0.1) is 0 Å². The minimum atomic E-state index is 0.906. The van der Waals surface area contributed by atoms with E-state index in [0.29, 0.717) is 0 Å². The van der Waals surface area contributed by atoms with Gasteiger partial charge in [-0.15, -0.1) is 0 Å². The first kappa shape index (κ1) is 9.51. The highest BCUT2D eigenvalue weighted by molar-refractivity contribution is 4.83. The third kappa shape index (κ3) is 2.98. The van der Waals surface area contributed by atoms with E-state index in [4.69, 9.17) is 0 Å². The van der Waals surface area contributed by atoms with Crippen LogP contribution >= 0.6 is 0 Å². The van der Waals surface area contributed by atoms with Gasteiger partial charge in [0.2, 0.25) is 0 Å². The molecule has 1 N–H and O–H groups in total. The number of nitrogens with one attached hydrogen (secondary N) is 1. The van der Waals surface area contributed by atoms with Gasteiger partial charge >= 0.3 is 0 Å². The van der Waals surface area contributed by atoms with Crippen LogP contribution in [0.2, 0.25) is 0 Å². The Bertz CT molecular complexity index is 143. The first-order valence-corrected chi connectivity index (χ1v) is 6.12. The van der Waals surface area contributed by atoms with Crippen molar-refractivity contribution in [3.63, 3.8) is 0 Å². The zero-order chi connectivity index (χ0) is 9.10. The quantitative estimate of drug-likeness (QED) is 0.703. The first-order chi connectivity index (χ1) is 6.38. The normalized spacial score (nSPS) is 34.8. The lowest BCUT2D eigenvalue weighted by atomic mass is 9.81. The van der Waals surface area contributed by atoms with Crippen molar-refractivity contribution < 1.29 is 0 Å². The van der Waals surface area contributed by atoms with Gasteiger partial charge < -0.3 is 5.32 Å². The van der Waals surface area contributed by atoms with Gasteiger partial charge in [-0.05, 0) is 44.1 Å². The maximum Gasteiger partial charge on any atom is 0.00683 e. The fourth-order valence-electron chi connectivity index (χ4n) is 2.46. The average molecular weight is 181 g/mol. The molecule has 0 unspecified atom stereocenters. The molecule has 76 valence electrons. The molecule has 1 heteroatoms. The van der Waals surface area contributed by atoms with Crippen LogP contribution in [-0.2, 0) is 0 Å². The Morgan fingerprint density at radius 3 is 2.08 bits per heavy atom. The summed E-state index contributed by atoms with van der Waals surface area (Å²) >= 11 is 0. The van der Waals surface area contributed by atoms with Crippen molar-refractivity contribution in [3.8, 4) is 0 Å². The summed E-state index contributed by atoms with van der Waals surface area (Å²) in [6, 6.07) is 0.906. The molecule has 0 heterocycles. The third-order valence-electron chi connectivity index (χ3n) is 3.82. The van der Waals surface area contributed by atoms with Gasteiger partial charge in [-0.25, -0.2) is 0 Å². The summed E-state index contributed by atoms with van der Waals surface area (Å²) in [6.45, 7) is 3.65. The predicted octanol–water partition coefficient (Wildman–Crippen LogP) is 2.95. The average Bonchev–Trinajstić information content (AvgIpc) is 2.99. The van der Waals surface area contributed by atoms with Gasteiger partial charge in [-0.1, -0.05) is 26.2 Å². The Morgan fingerprint density at radius 1 is 0.923 bits per heavy atom. The molecule has 0 saturated heterocycles. The zero-order valence-electron chi connectivity index (χ0n) is 8.89. The smallest absolute Gasteiger partial charge is 0.00683 e. The van der Waals surface area contributed by atoms with Crippen molar-refractivity contribution in [2.75, 3.05) is 6.54 Å². The molecule has 2 aliphatic carbocycles. The van der Waals surface area contributed by atoms with Crippen molar-refractivity contribution in [2.45, 2.75) is 57.9 Å². The molecule has 1 nitrogen and oxygen atoms in total. The molecule has 2 saturated carbocycles. The molecule has 0 amide bonds. The largest absolute Gasteiger partial charge is 0.314 e. The molecule has 0 bridgehead atoms. The Labute approximate surface area is 82.3 Å². The fourth-order valence-corrected chi connectivity index (χ4v) is 2.46. The summed E-state index contributed by atoms with van der Waals surface area (Å²) in [5.41, 5.74) is 0. The molecular formula is C12H23N. The Morgan fingerprint density at radius 2 is 1.54 bits per heavy atom. The van der Waals surface area contributed by atoms with Crippen LogP contribution in [0.4, 0.5) is 0 Å².